The number of carbonyl (C=O) groups is 1. The average molecular weight is 394 g/mol. The van der Waals surface area contributed by atoms with Crippen molar-refractivity contribution in [2.45, 2.75) is 17.3 Å². The molecule has 0 saturated heterocycles. The van der Waals surface area contributed by atoms with Gasteiger partial charge in [0.25, 0.3) is 0 Å². The van der Waals surface area contributed by atoms with Gasteiger partial charge in [0.05, 0.1) is 5.25 Å². The van der Waals surface area contributed by atoms with Crippen molar-refractivity contribution >= 4 is 35.0 Å². The van der Waals surface area contributed by atoms with Crippen LogP contribution in [-0.2, 0) is 4.79 Å². The van der Waals surface area contributed by atoms with Crippen LogP contribution in [0.2, 0.25) is 5.02 Å². The molecule has 0 radical (unpaired) electrons. The van der Waals surface area contributed by atoms with Crippen LogP contribution in [0.25, 0.3) is 5.69 Å². The highest BCUT2D eigenvalue weighted by Crippen LogP contribution is 2.27. The lowest BCUT2D eigenvalue weighted by atomic mass is 10.3. The molecule has 4 nitrogen and oxygen atoms in total. The molecule has 8 heteroatoms. The molecule has 0 saturated carbocycles. The Morgan fingerprint density at radius 3 is 2.50 bits per heavy atom. The Labute approximate surface area is 158 Å². The largest absolute Gasteiger partial charge is 0.320 e. The molecule has 0 aliphatic carbocycles. The van der Waals surface area contributed by atoms with Crippen LogP contribution in [0.5, 0.6) is 0 Å². The first-order valence-electron chi connectivity index (χ1n) is 7.66. The van der Waals surface area contributed by atoms with E-state index in [1.54, 1.807) is 36.0 Å². The summed E-state index contributed by atoms with van der Waals surface area (Å²) in [5.74, 6) is -2.17. The molecule has 3 rings (SSSR count). The zero-order valence-electron chi connectivity index (χ0n) is 13.6. The standard InChI is InChI=1S/C18H14ClF2N3OS/c1-11(17(25)23-16-14(20)3-2-4-15(16)21)26-18-22-9-10-24(18)13-7-5-12(19)6-8-13/h2-11H,1H3,(H,23,25)/t11-/m1/s1. The quantitative estimate of drug-likeness (QED) is 0.625. The van der Waals surface area contributed by atoms with Crippen molar-refractivity contribution in [1.29, 1.82) is 0 Å². The second kappa shape index (κ2) is 7.88. The smallest absolute Gasteiger partial charge is 0.237 e. The summed E-state index contributed by atoms with van der Waals surface area (Å²) in [6.45, 7) is 1.64. The number of para-hydroxylation sites is 1. The highest BCUT2D eigenvalue weighted by Gasteiger charge is 2.20. The third-order valence-electron chi connectivity index (χ3n) is 3.57. The Morgan fingerprint density at radius 1 is 1.19 bits per heavy atom. The van der Waals surface area contributed by atoms with Crippen LogP contribution in [0.15, 0.2) is 60.0 Å². The van der Waals surface area contributed by atoms with Crippen molar-refractivity contribution in [3.8, 4) is 5.69 Å². The van der Waals surface area contributed by atoms with E-state index >= 15 is 0 Å². The zero-order valence-corrected chi connectivity index (χ0v) is 15.2. The van der Waals surface area contributed by atoms with Crippen LogP contribution in [-0.4, -0.2) is 20.7 Å². The summed E-state index contributed by atoms with van der Waals surface area (Å²) < 4.78 is 29.2. The fraction of sp³-hybridized carbons (Fsp3) is 0.111. The number of carbonyl (C=O) groups excluding carboxylic acids is 1. The van der Waals surface area contributed by atoms with E-state index in [-0.39, 0.29) is 0 Å². The van der Waals surface area contributed by atoms with Gasteiger partial charge < -0.3 is 5.32 Å². The molecule has 2 aromatic carbocycles. The predicted molar refractivity (Wildman–Crippen MR) is 98.9 cm³/mol. The summed E-state index contributed by atoms with van der Waals surface area (Å²) in [4.78, 5) is 16.6. The summed E-state index contributed by atoms with van der Waals surface area (Å²) in [6, 6.07) is 10.6. The Kier molecular flexibility index (Phi) is 5.58. The lowest BCUT2D eigenvalue weighted by molar-refractivity contribution is -0.115. The Bertz CT molecular complexity index is 910. The molecule has 0 spiro atoms. The normalized spacial score (nSPS) is 12.0. The SMILES string of the molecule is C[C@@H](Sc1nccn1-c1ccc(Cl)cc1)C(=O)Nc1c(F)cccc1F. The van der Waals surface area contributed by atoms with E-state index in [4.69, 9.17) is 11.6 Å². The molecule has 0 aliphatic rings. The molecule has 26 heavy (non-hydrogen) atoms. The van der Waals surface area contributed by atoms with Gasteiger partial charge in [0.1, 0.15) is 17.3 Å². The van der Waals surface area contributed by atoms with Crippen LogP contribution in [0.4, 0.5) is 14.5 Å². The van der Waals surface area contributed by atoms with Gasteiger partial charge in [-0.05, 0) is 43.3 Å². The van der Waals surface area contributed by atoms with Crippen molar-refractivity contribution < 1.29 is 13.6 Å². The highest BCUT2D eigenvalue weighted by atomic mass is 35.5. The van der Waals surface area contributed by atoms with E-state index in [0.717, 1.165) is 17.8 Å². The van der Waals surface area contributed by atoms with Crippen LogP contribution < -0.4 is 5.32 Å². The number of benzene rings is 2. The van der Waals surface area contributed by atoms with Gasteiger partial charge in [-0.1, -0.05) is 29.4 Å². The third-order valence-corrected chi connectivity index (χ3v) is 4.91. The van der Waals surface area contributed by atoms with Crippen LogP contribution in [0.3, 0.4) is 0 Å². The summed E-state index contributed by atoms with van der Waals surface area (Å²) in [5.41, 5.74) is 0.383. The molecule has 1 heterocycles. The summed E-state index contributed by atoms with van der Waals surface area (Å²) >= 11 is 7.07. The van der Waals surface area contributed by atoms with E-state index in [2.05, 4.69) is 10.3 Å². The minimum absolute atomic E-state index is 0.453. The number of halogens is 3. The molecule has 1 aromatic heterocycles. The lowest BCUT2D eigenvalue weighted by Gasteiger charge is -2.14. The van der Waals surface area contributed by atoms with Crippen molar-refractivity contribution in [2.24, 2.45) is 0 Å². The average Bonchev–Trinajstić information content (AvgIpc) is 3.07. The monoisotopic (exact) mass is 393 g/mol. The number of hydrogen-bond acceptors (Lipinski definition) is 3. The molecule has 0 aliphatic heterocycles. The van der Waals surface area contributed by atoms with Crippen molar-refractivity contribution in [2.75, 3.05) is 5.32 Å². The predicted octanol–water partition coefficient (Wildman–Crippen LogP) is 4.92. The maximum Gasteiger partial charge on any atom is 0.237 e. The number of rotatable bonds is 5. The van der Waals surface area contributed by atoms with Crippen LogP contribution in [0, 0.1) is 11.6 Å². The first kappa shape index (κ1) is 18.4. The maximum absolute atomic E-state index is 13.7. The van der Waals surface area contributed by atoms with Gasteiger partial charge in [-0.3, -0.25) is 9.36 Å². The number of nitrogens with zero attached hydrogens (tertiary/aromatic N) is 2. The number of aromatic nitrogens is 2. The third kappa shape index (κ3) is 4.05. The first-order chi connectivity index (χ1) is 12.5. The topological polar surface area (TPSA) is 46.9 Å². The molecule has 0 unspecified atom stereocenters. The number of anilines is 1. The second-order valence-corrected chi connectivity index (χ2v) is 7.15. The van der Waals surface area contributed by atoms with Crippen molar-refractivity contribution in [1.82, 2.24) is 9.55 Å². The fourth-order valence-electron chi connectivity index (χ4n) is 2.23. The van der Waals surface area contributed by atoms with Gasteiger partial charge in [-0.25, -0.2) is 13.8 Å². The summed E-state index contributed by atoms with van der Waals surface area (Å²) in [6.07, 6.45) is 3.37. The highest BCUT2D eigenvalue weighted by molar-refractivity contribution is 8.00. The molecule has 134 valence electrons. The van der Waals surface area contributed by atoms with E-state index in [9.17, 15) is 13.6 Å². The van der Waals surface area contributed by atoms with Crippen LogP contribution in [0.1, 0.15) is 6.92 Å². The molecular weight excluding hydrogens is 380 g/mol. The van der Waals surface area contributed by atoms with Crippen LogP contribution >= 0.6 is 23.4 Å². The van der Waals surface area contributed by atoms with Gasteiger partial charge in [0.2, 0.25) is 5.91 Å². The van der Waals surface area contributed by atoms with Gasteiger partial charge in [0, 0.05) is 23.1 Å². The number of thioether (sulfide) groups is 1. The fourth-order valence-corrected chi connectivity index (χ4v) is 3.24. The number of nitrogens with one attached hydrogen (secondary N) is 1. The molecule has 0 fully saturated rings. The first-order valence-corrected chi connectivity index (χ1v) is 8.92. The molecule has 1 atom stereocenters. The number of amides is 1. The second-order valence-electron chi connectivity index (χ2n) is 5.40. The number of hydrogen-bond donors (Lipinski definition) is 1. The van der Waals surface area contributed by atoms with E-state index < -0.39 is 28.5 Å². The van der Waals surface area contributed by atoms with Gasteiger partial charge in [-0.15, -0.1) is 0 Å². The Balaban J connectivity index is 1.74. The van der Waals surface area contributed by atoms with E-state index in [1.165, 1.54) is 17.8 Å². The van der Waals surface area contributed by atoms with Crippen molar-refractivity contribution in [3.63, 3.8) is 0 Å². The van der Waals surface area contributed by atoms with Gasteiger partial charge in [0.15, 0.2) is 5.16 Å². The molecular formula is C18H14ClF2N3OS. The van der Waals surface area contributed by atoms with Gasteiger partial charge >= 0.3 is 0 Å². The van der Waals surface area contributed by atoms with Crippen molar-refractivity contribution in [3.05, 3.63) is 71.5 Å². The van der Waals surface area contributed by atoms with E-state index in [0.29, 0.717) is 10.2 Å². The molecule has 1 N–H and O–H groups in total. The Hall–Kier alpha value is -2.38. The van der Waals surface area contributed by atoms with E-state index in [1.807, 2.05) is 12.1 Å². The summed E-state index contributed by atoms with van der Waals surface area (Å²) in [5, 5.41) is 2.86. The minimum Gasteiger partial charge on any atom is -0.320 e. The molecule has 1 amide bonds. The zero-order chi connectivity index (χ0) is 18.7. The maximum atomic E-state index is 13.7. The minimum atomic E-state index is -0.821. The number of imidazole rings is 1. The lowest BCUT2D eigenvalue weighted by Crippen LogP contribution is -2.24. The molecule has 3 aromatic rings. The Morgan fingerprint density at radius 2 is 1.85 bits per heavy atom. The molecule has 0 bridgehead atoms. The summed E-state index contributed by atoms with van der Waals surface area (Å²) in [7, 11) is 0. The van der Waals surface area contributed by atoms with Gasteiger partial charge in [-0.2, -0.15) is 0 Å².